The Morgan fingerprint density at radius 3 is 2.73 bits per heavy atom. The van der Waals surface area contributed by atoms with Crippen molar-refractivity contribution in [3.8, 4) is 0 Å². The van der Waals surface area contributed by atoms with Gasteiger partial charge < -0.3 is 42.1 Å². The van der Waals surface area contributed by atoms with E-state index in [0.29, 0.717) is 0 Å². The van der Waals surface area contributed by atoms with E-state index in [1.165, 1.54) is 35.3 Å². The van der Waals surface area contributed by atoms with Gasteiger partial charge in [-0.05, 0) is 6.07 Å². The number of guanidine groups is 2. The topological polar surface area (TPSA) is 220 Å². The molecule has 4 amide bonds. The van der Waals surface area contributed by atoms with E-state index in [0.717, 1.165) is 9.58 Å². The number of carbonyl (C=O) groups excluding carboxylic acids is 3. The van der Waals surface area contributed by atoms with Crippen LogP contribution < -0.4 is 22.1 Å². The third-order valence-corrected chi connectivity index (χ3v) is 6.41. The molecule has 16 nitrogen and oxygen atoms in total. The lowest BCUT2D eigenvalue weighted by Gasteiger charge is -2.49. The zero-order valence-corrected chi connectivity index (χ0v) is 17.5. The average Bonchev–Trinajstić information content (AvgIpc) is 3.48. The van der Waals surface area contributed by atoms with E-state index in [2.05, 4.69) is 25.7 Å². The second kappa shape index (κ2) is 6.79. The van der Waals surface area contributed by atoms with Gasteiger partial charge in [-0.3, -0.25) is 9.69 Å². The maximum Gasteiger partial charge on any atom is 0.342 e. The van der Waals surface area contributed by atoms with Gasteiger partial charge in [0.15, 0.2) is 17.6 Å². The second-order valence-electron chi connectivity index (χ2n) is 8.34. The maximum absolute atomic E-state index is 12.5. The normalized spacial score (nSPS) is 32.3. The van der Waals surface area contributed by atoms with Crippen LogP contribution in [0.3, 0.4) is 0 Å². The van der Waals surface area contributed by atoms with Crippen molar-refractivity contribution in [2.45, 2.75) is 29.6 Å². The van der Waals surface area contributed by atoms with E-state index in [1.807, 2.05) is 0 Å². The molecule has 0 bridgehead atoms. The zero-order chi connectivity index (χ0) is 23.7. The number of aliphatic hydroxyl groups is 2. The molecule has 0 radical (unpaired) electrons. The predicted octanol–water partition coefficient (Wildman–Crippen LogP) is -4.62. The van der Waals surface area contributed by atoms with E-state index in [-0.39, 0.29) is 31.6 Å². The van der Waals surface area contributed by atoms with Gasteiger partial charge in [-0.25, -0.2) is 19.6 Å². The molecule has 4 aliphatic heterocycles. The molecule has 4 atom stereocenters. The van der Waals surface area contributed by atoms with E-state index in [1.54, 1.807) is 0 Å². The van der Waals surface area contributed by atoms with Crippen LogP contribution in [0.15, 0.2) is 28.4 Å². The van der Waals surface area contributed by atoms with Gasteiger partial charge in [0.2, 0.25) is 11.7 Å². The van der Waals surface area contributed by atoms with E-state index in [4.69, 9.17) is 11.5 Å². The molecule has 8 N–H and O–H groups in total. The fraction of sp³-hybridized carbons (Fsp3) is 0.529. The Bertz CT molecular complexity index is 1090. The minimum atomic E-state index is -2.64. The molecule has 0 aromatic carbocycles. The summed E-state index contributed by atoms with van der Waals surface area (Å²) in [6.07, 6.45) is 2.80. The molecule has 176 valence electrons. The minimum Gasteiger partial charge on any atom is -0.370 e. The van der Waals surface area contributed by atoms with Crippen LogP contribution in [0.4, 0.5) is 9.59 Å². The van der Waals surface area contributed by atoms with E-state index < -0.39 is 47.5 Å². The lowest BCUT2D eigenvalue weighted by Crippen LogP contribution is -2.78. The number of likely N-dealkylation sites (N-methyl/N-ethyl adjacent to an activating group) is 1. The molecule has 1 aromatic rings. The number of hydrogen-bond donors (Lipinski definition) is 6. The van der Waals surface area contributed by atoms with Gasteiger partial charge in [-0.2, -0.15) is 9.78 Å². The molecule has 1 spiro atoms. The number of carbonyl (C=O) groups is 3. The lowest BCUT2D eigenvalue weighted by atomic mass is 9.85. The highest BCUT2D eigenvalue weighted by atomic mass is 16.5. The second-order valence-corrected chi connectivity index (χ2v) is 8.34. The summed E-state index contributed by atoms with van der Waals surface area (Å²) in [6, 6.07) is -2.88. The number of hydrogen-bond acceptors (Lipinski definition) is 12. The van der Waals surface area contributed by atoms with Gasteiger partial charge in [0.25, 0.3) is 0 Å². The van der Waals surface area contributed by atoms with Crippen LogP contribution in [0.5, 0.6) is 0 Å². The van der Waals surface area contributed by atoms with Crippen molar-refractivity contribution in [1.82, 2.24) is 35.1 Å². The fourth-order valence-corrected chi connectivity index (χ4v) is 4.88. The Morgan fingerprint density at radius 1 is 1.33 bits per heavy atom. The quantitative estimate of drug-likeness (QED) is 0.187. The molecule has 0 aliphatic carbocycles. The highest BCUT2D eigenvalue weighted by Crippen LogP contribution is 2.45. The van der Waals surface area contributed by atoms with Gasteiger partial charge in [0, 0.05) is 26.0 Å². The Labute approximate surface area is 186 Å². The molecule has 2 fully saturated rings. The maximum atomic E-state index is 12.5. The smallest absolute Gasteiger partial charge is 0.342 e. The summed E-state index contributed by atoms with van der Waals surface area (Å²) in [7, 11) is 1.49. The number of imide groups is 1. The van der Waals surface area contributed by atoms with Crippen molar-refractivity contribution < 1.29 is 24.6 Å². The van der Waals surface area contributed by atoms with Gasteiger partial charge in [-0.15, -0.1) is 0 Å². The van der Waals surface area contributed by atoms with Crippen LogP contribution in [0.2, 0.25) is 0 Å². The number of rotatable bonds is 3. The van der Waals surface area contributed by atoms with Gasteiger partial charge >= 0.3 is 12.1 Å². The Morgan fingerprint density at radius 2 is 2.09 bits per heavy atom. The van der Waals surface area contributed by atoms with Crippen LogP contribution in [-0.2, 0) is 4.79 Å². The van der Waals surface area contributed by atoms with Crippen LogP contribution in [0, 0.1) is 0 Å². The van der Waals surface area contributed by atoms with Crippen molar-refractivity contribution in [2.24, 2.45) is 21.5 Å². The Kier molecular flexibility index (Phi) is 4.31. The third kappa shape index (κ3) is 2.77. The Hall–Kier alpha value is -3.92. The number of urea groups is 1. The molecule has 4 aliphatic rings. The molecule has 16 heteroatoms. The number of nitrogens with two attached hydrogens (primary N) is 2. The molecular formula is C17H23N11O5. The molecule has 1 aromatic heterocycles. The summed E-state index contributed by atoms with van der Waals surface area (Å²) in [5.74, 6) is -3.27. The van der Waals surface area contributed by atoms with Crippen LogP contribution in [-0.4, -0.2) is 121 Å². The molecule has 2 saturated heterocycles. The number of nitrogens with one attached hydrogen (secondary N) is 2. The molecule has 5 rings (SSSR count). The summed E-state index contributed by atoms with van der Waals surface area (Å²) >= 11 is 0. The first kappa shape index (κ1) is 21.0. The number of amides is 4. The third-order valence-electron chi connectivity index (χ3n) is 6.41. The van der Waals surface area contributed by atoms with Crippen molar-refractivity contribution >= 4 is 29.9 Å². The van der Waals surface area contributed by atoms with Crippen molar-refractivity contribution in [2.75, 3.05) is 26.7 Å². The predicted molar refractivity (Wildman–Crippen MR) is 110 cm³/mol. The number of aromatic nitrogens is 2. The van der Waals surface area contributed by atoms with E-state index >= 15 is 0 Å². The molecule has 0 saturated carbocycles. The van der Waals surface area contributed by atoms with Gasteiger partial charge in [-0.1, -0.05) is 0 Å². The monoisotopic (exact) mass is 461 g/mol. The molecule has 5 heterocycles. The average molecular weight is 461 g/mol. The Balaban J connectivity index is 1.48. The van der Waals surface area contributed by atoms with Gasteiger partial charge in [0.05, 0.1) is 12.6 Å². The molecule has 2 unspecified atom stereocenters. The summed E-state index contributed by atoms with van der Waals surface area (Å²) in [4.78, 5) is 49.5. The van der Waals surface area contributed by atoms with Gasteiger partial charge in [0.1, 0.15) is 18.6 Å². The van der Waals surface area contributed by atoms with E-state index in [9.17, 15) is 24.6 Å². The van der Waals surface area contributed by atoms with Crippen LogP contribution >= 0.6 is 0 Å². The highest BCUT2D eigenvalue weighted by molar-refractivity contribution is 6.02. The van der Waals surface area contributed by atoms with Crippen LogP contribution in [0.25, 0.3) is 0 Å². The highest BCUT2D eigenvalue weighted by Gasteiger charge is 2.73. The van der Waals surface area contributed by atoms with Crippen LogP contribution in [0.1, 0.15) is 0 Å². The first-order chi connectivity index (χ1) is 15.6. The largest absolute Gasteiger partial charge is 0.370 e. The van der Waals surface area contributed by atoms with Crippen molar-refractivity contribution in [3.05, 3.63) is 18.5 Å². The molecule has 33 heavy (non-hydrogen) atoms. The summed E-state index contributed by atoms with van der Waals surface area (Å²) in [6.45, 7) is -0.414. The molecular weight excluding hydrogens is 438 g/mol. The summed E-state index contributed by atoms with van der Waals surface area (Å²) < 4.78 is 0.997. The van der Waals surface area contributed by atoms with Crippen molar-refractivity contribution in [1.29, 1.82) is 0 Å². The first-order valence-electron chi connectivity index (χ1n) is 10.1. The summed E-state index contributed by atoms with van der Waals surface area (Å²) in [5.41, 5.74) is 10.3. The lowest BCUT2D eigenvalue weighted by molar-refractivity contribution is -0.230. The first-order valence-corrected chi connectivity index (χ1v) is 10.1. The number of nitrogens with zero attached hydrogens (tertiary/aromatic N) is 7. The summed E-state index contributed by atoms with van der Waals surface area (Å²) in [5, 5.41) is 31.8. The minimum absolute atomic E-state index is 0.0815. The standard InChI is InChI=1S/C17H23N11O5/c1-25-7-10(29)26(15(25)31)5-8-11-16(24-12(18)23-11)17(32,33)9(6-27(16)13(19)21-8)22-14(30)28-4-2-3-20-28/h2-4,8-9,11,32-33H,5-7H2,1H3,(H2,19,21)(H,22,30)(H3,18,23,24)/t8?,9?,11-,16-/m0/s1. The van der Waals surface area contributed by atoms with Crippen molar-refractivity contribution in [3.63, 3.8) is 0 Å². The number of aliphatic imine (C=N–C) groups is 2. The fourth-order valence-electron chi connectivity index (χ4n) is 4.88. The SMILES string of the molecule is CN1CC(=O)N(CC2N=C(N)N3CC(NC(=O)n4cccn4)C(O)(O)[C@@]34NC(N)=N[C@@H]24)C1=O. The zero-order valence-electron chi connectivity index (χ0n) is 17.5.